The van der Waals surface area contributed by atoms with Crippen LogP contribution >= 0.6 is 0 Å². The Morgan fingerprint density at radius 3 is 1.53 bits per heavy atom. The molecule has 0 nitrogen and oxygen atoms in total. The lowest BCUT2D eigenvalue weighted by Gasteiger charge is -2.53. The van der Waals surface area contributed by atoms with Crippen LogP contribution in [0.5, 0.6) is 0 Å². The van der Waals surface area contributed by atoms with E-state index in [1.807, 2.05) is 0 Å². The fraction of sp³-hybridized carbons (Fsp3) is 0.294. The molecular formula is C34H38. The summed E-state index contributed by atoms with van der Waals surface area (Å²) in [4.78, 5) is 0. The van der Waals surface area contributed by atoms with Crippen LogP contribution in [0.4, 0.5) is 0 Å². The van der Waals surface area contributed by atoms with Crippen LogP contribution in [0.3, 0.4) is 0 Å². The molecule has 0 heteroatoms. The van der Waals surface area contributed by atoms with Gasteiger partial charge in [0.1, 0.15) is 0 Å². The van der Waals surface area contributed by atoms with Crippen LogP contribution in [0.2, 0.25) is 0 Å². The number of hydrogen-bond donors (Lipinski definition) is 0. The molecular weight excluding hydrogens is 408 g/mol. The summed E-state index contributed by atoms with van der Waals surface area (Å²) >= 11 is 0. The summed E-state index contributed by atoms with van der Waals surface area (Å²) in [5.41, 5.74) is 5.02. The van der Waals surface area contributed by atoms with Gasteiger partial charge in [-0.15, -0.1) is 0 Å². The zero-order valence-corrected chi connectivity index (χ0v) is 21.2. The molecule has 0 aromatic heterocycles. The summed E-state index contributed by atoms with van der Waals surface area (Å²) in [5, 5.41) is 0. The lowest BCUT2D eigenvalue weighted by Crippen LogP contribution is -2.49. The number of hydrogen-bond acceptors (Lipinski definition) is 0. The zero-order valence-electron chi connectivity index (χ0n) is 21.2. The van der Waals surface area contributed by atoms with Crippen molar-refractivity contribution in [1.82, 2.24) is 0 Å². The monoisotopic (exact) mass is 446 g/mol. The van der Waals surface area contributed by atoms with Crippen LogP contribution in [0.25, 0.3) is 0 Å². The van der Waals surface area contributed by atoms with Crippen LogP contribution in [0.1, 0.15) is 63.6 Å². The summed E-state index contributed by atoms with van der Waals surface area (Å²) in [7, 11) is 0. The Hall–Kier alpha value is -3.12. The van der Waals surface area contributed by atoms with Crippen molar-refractivity contribution in [3.05, 3.63) is 144 Å². The van der Waals surface area contributed by atoms with E-state index in [0.717, 1.165) is 19.3 Å². The average Bonchev–Trinajstić information content (AvgIpc) is 3.06. The maximum Gasteiger partial charge on any atom is 0.0547 e. The van der Waals surface area contributed by atoms with Crippen LogP contribution in [-0.4, -0.2) is 0 Å². The smallest absolute Gasteiger partial charge is 0.0547 e. The third kappa shape index (κ3) is 4.11. The minimum atomic E-state index is -0.335. The summed E-state index contributed by atoms with van der Waals surface area (Å²) < 4.78 is 0. The maximum atomic E-state index is 2.52. The van der Waals surface area contributed by atoms with Gasteiger partial charge in [0.25, 0.3) is 0 Å². The Kier molecular flexibility index (Phi) is 7.08. The summed E-state index contributed by atoms with van der Waals surface area (Å²) in [6.07, 6.45) is 14.9. The first-order chi connectivity index (χ1) is 16.5. The Labute approximate surface area is 206 Å². The van der Waals surface area contributed by atoms with Crippen molar-refractivity contribution in [3.63, 3.8) is 0 Å². The second kappa shape index (κ2) is 10.0. The first-order valence-electron chi connectivity index (χ1n) is 12.8. The second-order valence-corrected chi connectivity index (χ2v) is 10.2. The Morgan fingerprint density at radius 1 is 0.647 bits per heavy atom. The van der Waals surface area contributed by atoms with Crippen molar-refractivity contribution in [2.24, 2.45) is 10.8 Å². The molecule has 1 aliphatic carbocycles. The van der Waals surface area contributed by atoms with Gasteiger partial charge in [-0.2, -0.15) is 0 Å². The third-order valence-corrected chi connectivity index (χ3v) is 7.61. The molecule has 0 saturated heterocycles. The van der Waals surface area contributed by atoms with Gasteiger partial charge in [-0.1, -0.05) is 155 Å². The zero-order chi connectivity index (χ0) is 24.1. The summed E-state index contributed by atoms with van der Waals surface area (Å²) in [6, 6.07) is 33.6. The molecule has 3 aromatic carbocycles. The van der Waals surface area contributed by atoms with Gasteiger partial charge in [0.2, 0.25) is 0 Å². The van der Waals surface area contributed by atoms with Crippen molar-refractivity contribution in [1.29, 1.82) is 0 Å². The van der Waals surface area contributed by atoms with Crippen molar-refractivity contribution in [2.75, 3.05) is 0 Å². The number of allylic oxidation sites excluding steroid dienone is 6. The first-order valence-corrected chi connectivity index (χ1v) is 12.8. The molecule has 1 aliphatic rings. The van der Waals surface area contributed by atoms with Crippen molar-refractivity contribution in [3.8, 4) is 0 Å². The molecule has 0 aliphatic heterocycles. The van der Waals surface area contributed by atoms with Crippen LogP contribution in [-0.2, 0) is 5.41 Å². The predicted octanol–water partition coefficient (Wildman–Crippen LogP) is 9.30. The minimum Gasteiger partial charge on any atom is -0.0751 e. The van der Waals surface area contributed by atoms with E-state index in [-0.39, 0.29) is 16.2 Å². The Bertz CT molecular complexity index is 1050. The molecule has 4 rings (SSSR count). The minimum absolute atomic E-state index is 0.0111. The lowest BCUT2D eigenvalue weighted by molar-refractivity contribution is 0.208. The standard InChI is InChI=1S/C34H38/c1-5-25-33(6-2,31-24-16-17-26-32(3,4)27-31)34(28-18-10-7-11-19-28,29-20-12-8-13-21-29)30-22-14-9-15-23-30/h7-24,26-27H,5-6,25H2,1-4H3. The van der Waals surface area contributed by atoms with Gasteiger partial charge in [-0.25, -0.2) is 0 Å². The molecule has 0 N–H and O–H groups in total. The molecule has 0 radical (unpaired) electrons. The van der Waals surface area contributed by atoms with Gasteiger partial charge in [0.05, 0.1) is 5.41 Å². The summed E-state index contributed by atoms with van der Waals surface area (Å²) in [6.45, 7) is 9.36. The average molecular weight is 447 g/mol. The van der Waals surface area contributed by atoms with Gasteiger partial charge >= 0.3 is 0 Å². The molecule has 0 heterocycles. The van der Waals surface area contributed by atoms with E-state index in [4.69, 9.17) is 0 Å². The molecule has 174 valence electrons. The molecule has 3 aromatic rings. The summed E-state index contributed by atoms with van der Waals surface area (Å²) in [5.74, 6) is 0. The highest BCUT2D eigenvalue weighted by Gasteiger charge is 2.54. The van der Waals surface area contributed by atoms with Crippen molar-refractivity contribution in [2.45, 2.75) is 52.4 Å². The van der Waals surface area contributed by atoms with Gasteiger partial charge in [0, 0.05) is 10.8 Å². The Morgan fingerprint density at radius 2 is 1.12 bits per heavy atom. The van der Waals surface area contributed by atoms with E-state index < -0.39 is 0 Å². The SMILES string of the molecule is CCCC(CC)(C1=CC(C)(C)C=CC=C1)C(c1ccccc1)(c1ccccc1)c1ccccc1. The number of benzene rings is 3. The molecule has 0 bridgehead atoms. The van der Waals surface area contributed by atoms with Crippen molar-refractivity contribution >= 4 is 0 Å². The van der Waals surface area contributed by atoms with Crippen LogP contribution in [0.15, 0.2) is 127 Å². The van der Waals surface area contributed by atoms with Gasteiger partial charge < -0.3 is 0 Å². The van der Waals surface area contributed by atoms with E-state index in [0.29, 0.717) is 0 Å². The molecule has 0 amide bonds. The quantitative estimate of drug-likeness (QED) is 0.302. The van der Waals surface area contributed by atoms with E-state index in [1.54, 1.807) is 0 Å². The predicted molar refractivity (Wildman–Crippen MR) is 147 cm³/mol. The fourth-order valence-corrected chi connectivity index (χ4v) is 6.27. The van der Waals surface area contributed by atoms with Gasteiger partial charge in [0.15, 0.2) is 0 Å². The first kappa shape index (κ1) is 24.0. The number of rotatable bonds is 8. The molecule has 0 saturated carbocycles. The molecule has 0 fully saturated rings. The second-order valence-electron chi connectivity index (χ2n) is 10.2. The highest BCUT2D eigenvalue weighted by atomic mass is 14.6. The van der Waals surface area contributed by atoms with E-state index >= 15 is 0 Å². The van der Waals surface area contributed by atoms with Gasteiger partial charge in [-0.05, 0) is 35.1 Å². The van der Waals surface area contributed by atoms with Crippen LogP contribution in [0, 0.1) is 10.8 Å². The van der Waals surface area contributed by atoms with Gasteiger partial charge in [-0.3, -0.25) is 0 Å². The lowest BCUT2D eigenvalue weighted by atomic mass is 9.48. The van der Waals surface area contributed by atoms with Crippen LogP contribution < -0.4 is 0 Å². The highest BCUT2D eigenvalue weighted by molar-refractivity contribution is 5.57. The topological polar surface area (TPSA) is 0 Å². The van der Waals surface area contributed by atoms with E-state index in [2.05, 4.69) is 149 Å². The fourth-order valence-electron chi connectivity index (χ4n) is 6.27. The van der Waals surface area contributed by atoms with E-state index in [1.165, 1.54) is 22.3 Å². The maximum absolute atomic E-state index is 2.52. The molecule has 34 heavy (non-hydrogen) atoms. The van der Waals surface area contributed by atoms with E-state index in [9.17, 15) is 0 Å². The molecule has 0 spiro atoms. The molecule has 1 atom stereocenters. The Balaban J connectivity index is 2.20. The normalized spacial score (nSPS) is 17.0. The molecule has 1 unspecified atom stereocenters. The largest absolute Gasteiger partial charge is 0.0751 e. The van der Waals surface area contributed by atoms with Crippen molar-refractivity contribution < 1.29 is 0 Å². The third-order valence-electron chi connectivity index (χ3n) is 7.61. The highest BCUT2D eigenvalue weighted by Crippen LogP contribution is 2.60.